The number of fused-ring (bicyclic) bond motifs is 10. The molecule has 6 nitrogen and oxygen atoms in total. The lowest BCUT2D eigenvalue weighted by molar-refractivity contribution is 0.161. The third-order valence-corrected chi connectivity index (χ3v) is 10.6. The van der Waals surface area contributed by atoms with Gasteiger partial charge in [-0.25, -0.2) is 0 Å². The maximum absolute atomic E-state index is 6.75. The Morgan fingerprint density at radius 2 is 1.04 bits per heavy atom. The summed E-state index contributed by atoms with van der Waals surface area (Å²) >= 11 is 0. The minimum atomic E-state index is -0.259. The standard InChI is InChI=1S/C45H32N4O2/c1-2-11-27(12-3-1)28-21-23-29(24-22-28)43-46-44(48-45(47-43)49-36-18-7-4-13-30(36)31-14-5-8-19-37(31)49)35-17-10-16-34-40-39(51-41(34)35)26-25-33-32-15-6-9-20-38(32)50-42(33)40/h1-26,43-48H. The third-order valence-electron chi connectivity index (χ3n) is 10.6. The van der Waals surface area contributed by atoms with E-state index in [2.05, 4.69) is 166 Å². The number of nitrogens with one attached hydrogen (secondary N) is 3. The number of hydrogen-bond donors (Lipinski definition) is 3. The number of hydrogen-bond acceptors (Lipinski definition) is 5. The lowest BCUT2D eigenvalue weighted by Gasteiger charge is -2.40. The summed E-state index contributed by atoms with van der Waals surface area (Å²) in [5.41, 5.74) is 10.3. The highest BCUT2D eigenvalue weighted by atomic mass is 16.3. The van der Waals surface area contributed by atoms with Gasteiger partial charge in [0.25, 0.3) is 0 Å². The van der Waals surface area contributed by atoms with Gasteiger partial charge in [-0.15, -0.1) is 0 Å². The highest BCUT2D eigenvalue weighted by Gasteiger charge is 2.33. The summed E-state index contributed by atoms with van der Waals surface area (Å²) < 4.78 is 15.6. The first kappa shape index (κ1) is 28.6. The molecule has 6 heteroatoms. The molecule has 11 rings (SSSR count). The molecule has 0 bridgehead atoms. The van der Waals surface area contributed by atoms with E-state index in [-0.39, 0.29) is 18.6 Å². The minimum Gasteiger partial charge on any atom is -0.456 e. The second-order valence-electron chi connectivity index (χ2n) is 13.4. The lowest BCUT2D eigenvalue weighted by Crippen LogP contribution is -2.56. The predicted molar refractivity (Wildman–Crippen MR) is 206 cm³/mol. The second-order valence-corrected chi connectivity index (χ2v) is 13.4. The van der Waals surface area contributed by atoms with Crippen molar-refractivity contribution in [2.45, 2.75) is 18.6 Å². The van der Waals surface area contributed by atoms with E-state index in [4.69, 9.17) is 8.83 Å². The molecule has 3 N–H and O–H groups in total. The average molecular weight is 661 g/mol. The van der Waals surface area contributed by atoms with Crippen LogP contribution in [0, 0.1) is 0 Å². The van der Waals surface area contributed by atoms with Gasteiger partial charge in [-0.2, -0.15) is 0 Å². The number of furan rings is 2. The fourth-order valence-electron chi connectivity index (χ4n) is 8.19. The van der Waals surface area contributed by atoms with Gasteiger partial charge in [-0.3, -0.25) is 16.0 Å². The van der Waals surface area contributed by atoms with Crippen molar-refractivity contribution >= 4 is 65.7 Å². The monoisotopic (exact) mass is 660 g/mol. The highest BCUT2D eigenvalue weighted by Crippen LogP contribution is 2.42. The number of rotatable bonds is 4. The quantitative estimate of drug-likeness (QED) is 0.175. The number of aromatic nitrogens is 1. The Balaban J connectivity index is 1.08. The third kappa shape index (κ3) is 4.41. The molecular weight excluding hydrogens is 629 g/mol. The Bertz CT molecular complexity index is 2870. The Morgan fingerprint density at radius 3 is 1.82 bits per heavy atom. The summed E-state index contributed by atoms with van der Waals surface area (Å²) in [7, 11) is 0. The van der Waals surface area contributed by atoms with Crippen LogP contribution in [0.2, 0.25) is 0 Å². The van der Waals surface area contributed by atoms with Crippen molar-refractivity contribution in [2.24, 2.45) is 0 Å². The molecule has 244 valence electrons. The largest absolute Gasteiger partial charge is 0.456 e. The van der Waals surface area contributed by atoms with Crippen molar-refractivity contribution in [2.75, 3.05) is 0 Å². The van der Waals surface area contributed by atoms with E-state index in [9.17, 15) is 0 Å². The molecule has 7 aromatic carbocycles. The molecule has 51 heavy (non-hydrogen) atoms. The molecule has 0 saturated carbocycles. The molecule has 3 aromatic heterocycles. The van der Waals surface area contributed by atoms with Gasteiger partial charge in [0.2, 0.25) is 0 Å². The summed E-state index contributed by atoms with van der Waals surface area (Å²) in [6.07, 6.45) is -0.681. The number of benzene rings is 7. The molecule has 1 fully saturated rings. The van der Waals surface area contributed by atoms with E-state index < -0.39 is 0 Å². The highest BCUT2D eigenvalue weighted by molar-refractivity contribution is 6.22. The summed E-state index contributed by atoms with van der Waals surface area (Å²) in [5, 5.41) is 18.5. The van der Waals surface area contributed by atoms with Crippen molar-refractivity contribution in [3.05, 3.63) is 169 Å². The van der Waals surface area contributed by atoms with Gasteiger partial charge in [0.05, 0.1) is 28.8 Å². The van der Waals surface area contributed by atoms with Gasteiger partial charge in [-0.05, 0) is 47.0 Å². The van der Waals surface area contributed by atoms with Gasteiger partial charge in [0, 0.05) is 32.5 Å². The average Bonchev–Trinajstić information content (AvgIpc) is 3.88. The first-order chi connectivity index (χ1) is 25.3. The summed E-state index contributed by atoms with van der Waals surface area (Å²) in [6.45, 7) is 0. The fourth-order valence-corrected chi connectivity index (χ4v) is 8.19. The van der Waals surface area contributed by atoms with Crippen LogP contribution in [0.3, 0.4) is 0 Å². The Morgan fingerprint density at radius 1 is 0.412 bits per heavy atom. The molecule has 0 aliphatic carbocycles. The first-order valence-electron chi connectivity index (χ1n) is 17.5. The maximum atomic E-state index is 6.75. The van der Waals surface area contributed by atoms with Gasteiger partial charge in [0.15, 0.2) is 0 Å². The second kappa shape index (κ2) is 11.2. The van der Waals surface area contributed by atoms with Crippen LogP contribution < -0.4 is 16.0 Å². The molecule has 10 aromatic rings. The van der Waals surface area contributed by atoms with Crippen LogP contribution >= 0.6 is 0 Å². The van der Waals surface area contributed by atoms with E-state index in [1.54, 1.807) is 0 Å². The van der Waals surface area contributed by atoms with E-state index >= 15 is 0 Å². The normalized spacial score (nSPS) is 18.2. The summed E-state index contributed by atoms with van der Waals surface area (Å²) in [4.78, 5) is 0. The van der Waals surface area contributed by atoms with E-state index in [0.29, 0.717) is 0 Å². The molecule has 1 saturated heterocycles. The Hall–Kier alpha value is -6.18. The number of nitrogens with zero attached hydrogens (tertiary/aromatic N) is 1. The van der Waals surface area contributed by atoms with E-state index in [1.807, 2.05) is 12.1 Å². The Kier molecular flexibility index (Phi) is 6.27. The first-order valence-corrected chi connectivity index (χ1v) is 17.5. The molecule has 0 amide bonds. The number of para-hydroxylation sites is 4. The van der Waals surface area contributed by atoms with E-state index in [1.165, 1.54) is 21.9 Å². The van der Waals surface area contributed by atoms with Gasteiger partial charge >= 0.3 is 0 Å². The lowest BCUT2D eigenvalue weighted by atomic mass is 10.0. The minimum absolute atomic E-state index is 0.173. The van der Waals surface area contributed by atoms with Crippen molar-refractivity contribution in [1.29, 1.82) is 0 Å². The summed E-state index contributed by atoms with van der Waals surface area (Å²) in [6, 6.07) is 55.5. The molecule has 1 aliphatic rings. The molecule has 1 aliphatic heterocycles. The predicted octanol–water partition coefficient (Wildman–Crippen LogP) is 10.9. The molecule has 4 heterocycles. The maximum Gasteiger partial charge on any atom is 0.147 e. The topological polar surface area (TPSA) is 67.3 Å². The zero-order valence-electron chi connectivity index (χ0n) is 27.5. The van der Waals surface area contributed by atoms with Gasteiger partial charge in [-0.1, -0.05) is 127 Å². The van der Waals surface area contributed by atoms with Crippen LogP contribution in [0.1, 0.15) is 29.7 Å². The van der Waals surface area contributed by atoms with Crippen LogP contribution in [0.25, 0.3) is 76.8 Å². The van der Waals surface area contributed by atoms with Crippen LogP contribution in [0.15, 0.2) is 167 Å². The van der Waals surface area contributed by atoms with Crippen LogP contribution in [-0.4, -0.2) is 4.57 Å². The van der Waals surface area contributed by atoms with Gasteiger partial charge in [0.1, 0.15) is 28.6 Å². The zero-order chi connectivity index (χ0) is 33.5. The summed E-state index contributed by atoms with van der Waals surface area (Å²) in [5.74, 6) is 0. The van der Waals surface area contributed by atoms with Crippen molar-refractivity contribution in [3.8, 4) is 11.1 Å². The fraction of sp³-hybridized carbons (Fsp3) is 0.0667. The molecule has 0 radical (unpaired) electrons. The molecule has 0 spiro atoms. The van der Waals surface area contributed by atoms with Crippen molar-refractivity contribution in [3.63, 3.8) is 0 Å². The van der Waals surface area contributed by atoms with Gasteiger partial charge < -0.3 is 13.4 Å². The molecule has 3 atom stereocenters. The van der Waals surface area contributed by atoms with Crippen LogP contribution in [-0.2, 0) is 0 Å². The van der Waals surface area contributed by atoms with E-state index in [0.717, 1.165) is 66.0 Å². The molecular formula is C45H32N4O2. The van der Waals surface area contributed by atoms with Crippen molar-refractivity contribution < 1.29 is 8.83 Å². The van der Waals surface area contributed by atoms with Crippen LogP contribution in [0.5, 0.6) is 0 Å². The zero-order valence-corrected chi connectivity index (χ0v) is 27.5. The van der Waals surface area contributed by atoms with Crippen LogP contribution in [0.4, 0.5) is 0 Å². The smallest absolute Gasteiger partial charge is 0.147 e. The molecule has 3 unspecified atom stereocenters. The Labute approximate surface area is 292 Å². The SMILES string of the molecule is c1ccc(-c2ccc(C3NC(c4cccc5c4oc4ccc6c7ccccc7oc6c45)NC(n4c5ccccc5c5ccccc54)N3)cc2)cc1. The van der Waals surface area contributed by atoms with Crippen molar-refractivity contribution in [1.82, 2.24) is 20.5 Å².